The van der Waals surface area contributed by atoms with Crippen molar-refractivity contribution >= 4 is 17.5 Å². The van der Waals surface area contributed by atoms with E-state index in [0.717, 1.165) is 12.5 Å². The molecular formula is C10H14ClN3. The molecule has 1 fully saturated rings. The minimum atomic E-state index is 0.608. The van der Waals surface area contributed by atoms with Crippen molar-refractivity contribution < 1.29 is 0 Å². The van der Waals surface area contributed by atoms with Gasteiger partial charge < -0.3 is 4.90 Å². The molecule has 0 N–H and O–H groups in total. The van der Waals surface area contributed by atoms with Gasteiger partial charge in [-0.05, 0) is 25.3 Å². The molecule has 1 heterocycles. The van der Waals surface area contributed by atoms with Crippen LogP contribution in [-0.4, -0.2) is 28.4 Å². The average molecular weight is 212 g/mol. The molecule has 0 aromatic carbocycles. The molecular weight excluding hydrogens is 198 g/mol. The van der Waals surface area contributed by atoms with Gasteiger partial charge in [-0.1, -0.05) is 0 Å². The normalized spacial score (nSPS) is 16.4. The van der Waals surface area contributed by atoms with Crippen molar-refractivity contribution in [3.63, 3.8) is 0 Å². The number of nitrogens with zero attached hydrogens (tertiary/aromatic N) is 3. The summed E-state index contributed by atoms with van der Waals surface area (Å²) < 4.78 is 0. The lowest BCUT2D eigenvalue weighted by Crippen LogP contribution is -2.42. The quantitative estimate of drug-likeness (QED) is 0.715. The predicted molar refractivity (Wildman–Crippen MR) is 57.7 cm³/mol. The second kappa shape index (κ2) is 4.60. The van der Waals surface area contributed by atoms with Crippen LogP contribution in [0.4, 0.5) is 5.95 Å². The van der Waals surface area contributed by atoms with E-state index in [1.54, 1.807) is 12.4 Å². The molecule has 0 bridgehead atoms. The summed E-state index contributed by atoms with van der Waals surface area (Å²) in [5, 5.41) is 0. The maximum atomic E-state index is 5.77. The Morgan fingerprint density at radius 2 is 2.07 bits per heavy atom. The highest BCUT2D eigenvalue weighted by atomic mass is 35.5. The maximum absolute atomic E-state index is 5.77. The monoisotopic (exact) mass is 211 g/mol. The van der Waals surface area contributed by atoms with Crippen LogP contribution in [0.15, 0.2) is 18.5 Å². The Morgan fingerprint density at radius 3 is 2.57 bits per heavy atom. The van der Waals surface area contributed by atoms with Gasteiger partial charge in [-0.15, -0.1) is 11.6 Å². The zero-order valence-electron chi connectivity index (χ0n) is 8.06. The summed E-state index contributed by atoms with van der Waals surface area (Å²) >= 11 is 5.77. The number of anilines is 1. The first-order valence-electron chi connectivity index (χ1n) is 5.01. The van der Waals surface area contributed by atoms with E-state index in [0.29, 0.717) is 11.9 Å². The third-order valence-electron chi connectivity index (χ3n) is 2.65. The van der Waals surface area contributed by atoms with Gasteiger partial charge in [-0.2, -0.15) is 0 Å². The van der Waals surface area contributed by atoms with Gasteiger partial charge >= 0.3 is 0 Å². The molecule has 1 saturated carbocycles. The molecule has 0 amide bonds. The molecule has 1 aromatic heterocycles. The first kappa shape index (κ1) is 9.71. The molecule has 76 valence electrons. The van der Waals surface area contributed by atoms with E-state index in [1.165, 1.54) is 19.3 Å². The van der Waals surface area contributed by atoms with E-state index < -0.39 is 0 Å². The average Bonchev–Trinajstić information content (AvgIpc) is 2.16. The van der Waals surface area contributed by atoms with Gasteiger partial charge in [0.2, 0.25) is 5.95 Å². The highest BCUT2D eigenvalue weighted by molar-refractivity contribution is 6.18. The molecule has 4 heteroatoms. The summed E-state index contributed by atoms with van der Waals surface area (Å²) in [6.45, 7) is 0.843. The summed E-state index contributed by atoms with van der Waals surface area (Å²) in [6, 6.07) is 2.44. The van der Waals surface area contributed by atoms with E-state index in [-0.39, 0.29) is 0 Å². The minimum absolute atomic E-state index is 0.608. The van der Waals surface area contributed by atoms with Crippen LogP contribution in [0.1, 0.15) is 19.3 Å². The van der Waals surface area contributed by atoms with Crippen molar-refractivity contribution in [2.75, 3.05) is 17.3 Å². The lowest BCUT2D eigenvalue weighted by Gasteiger charge is -2.37. The molecule has 0 radical (unpaired) electrons. The number of hydrogen-bond acceptors (Lipinski definition) is 3. The number of rotatable bonds is 4. The summed E-state index contributed by atoms with van der Waals surface area (Å²) in [7, 11) is 0. The van der Waals surface area contributed by atoms with Gasteiger partial charge in [0.05, 0.1) is 0 Å². The highest BCUT2D eigenvalue weighted by Crippen LogP contribution is 2.27. The Bertz CT molecular complexity index is 274. The first-order chi connectivity index (χ1) is 6.92. The molecule has 0 spiro atoms. The van der Waals surface area contributed by atoms with Crippen LogP contribution in [0.5, 0.6) is 0 Å². The lowest BCUT2D eigenvalue weighted by atomic mass is 9.92. The Kier molecular flexibility index (Phi) is 3.19. The highest BCUT2D eigenvalue weighted by Gasteiger charge is 2.25. The number of halogens is 1. The van der Waals surface area contributed by atoms with E-state index in [1.807, 2.05) is 6.07 Å². The van der Waals surface area contributed by atoms with Gasteiger partial charge in [-0.25, -0.2) is 9.97 Å². The van der Waals surface area contributed by atoms with Gasteiger partial charge in [0, 0.05) is 30.9 Å². The van der Waals surface area contributed by atoms with E-state index in [4.69, 9.17) is 11.6 Å². The van der Waals surface area contributed by atoms with Gasteiger partial charge in [0.25, 0.3) is 0 Å². The van der Waals surface area contributed by atoms with Gasteiger partial charge in [-0.3, -0.25) is 0 Å². The maximum Gasteiger partial charge on any atom is 0.225 e. The first-order valence-corrected chi connectivity index (χ1v) is 5.55. The Labute approximate surface area is 89.1 Å². The van der Waals surface area contributed by atoms with Crippen molar-refractivity contribution in [3.8, 4) is 0 Å². The predicted octanol–water partition coefficient (Wildman–Crippen LogP) is 2.07. The zero-order valence-corrected chi connectivity index (χ0v) is 8.82. The van der Waals surface area contributed by atoms with Crippen molar-refractivity contribution in [1.82, 2.24) is 9.97 Å². The van der Waals surface area contributed by atoms with Crippen molar-refractivity contribution in [3.05, 3.63) is 18.5 Å². The fourth-order valence-electron chi connectivity index (χ4n) is 1.67. The van der Waals surface area contributed by atoms with E-state index in [2.05, 4.69) is 14.9 Å². The second-order valence-electron chi connectivity index (χ2n) is 3.52. The van der Waals surface area contributed by atoms with Crippen LogP contribution in [0.3, 0.4) is 0 Å². The molecule has 0 saturated heterocycles. The molecule has 2 rings (SSSR count). The molecule has 3 nitrogen and oxygen atoms in total. The fourth-order valence-corrected chi connectivity index (χ4v) is 1.86. The molecule has 1 aromatic rings. The zero-order chi connectivity index (χ0) is 9.80. The molecule has 1 aliphatic rings. The number of aromatic nitrogens is 2. The Hall–Kier alpha value is -0.830. The summed E-state index contributed by atoms with van der Waals surface area (Å²) in [6.07, 6.45) is 7.37. The second-order valence-corrected chi connectivity index (χ2v) is 3.89. The van der Waals surface area contributed by atoms with Crippen LogP contribution in [0.25, 0.3) is 0 Å². The molecule has 1 aliphatic carbocycles. The SMILES string of the molecule is ClCCN(c1ncccn1)C1CCC1. The minimum Gasteiger partial charge on any atom is -0.337 e. The van der Waals surface area contributed by atoms with Crippen LogP contribution in [0.2, 0.25) is 0 Å². The topological polar surface area (TPSA) is 29.0 Å². The summed E-state index contributed by atoms with van der Waals surface area (Å²) in [5.74, 6) is 1.45. The third-order valence-corrected chi connectivity index (χ3v) is 2.82. The van der Waals surface area contributed by atoms with Crippen LogP contribution in [-0.2, 0) is 0 Å². The lowest BCUT2D eigenvalue weighted by molar-refractivity contribution is 0.386. The third kappa shape index (κ3) is 1.98. The van der Waals surface area contributed by atoms with Crippen molar-refractivity contribution in [1.29, 1.82) is 0 Å². The Morgan fingerprint density at radius 1 is 1.36 bits per heavy atom. The van der Waals surface area contributed by atoms with E-state index in [9.17, 15) is 0 Å². The van der Waals surface area contributed by atoms with Crippen molar-refractivity contribution in [2.45, 2.75) is 25.3 Å². The van der Waals surface area contributed by atoms with Gasteiger partial charge in [0.15, 0.2) is 0 Å². The van der Waals surface area contributed by atoms with Gasteiger partial charge in [0.1, 0.15) is 0 Å². The van der Waals surface area contributed by atoms with Crippen molar-refractivity contribution in [2.24, 2.45) is 0 Å². The standard InChI is InChI=1S/C10H14ClN3/c11-5-8-14(9-3-1-4-9)10-12-6-2-7-13-10/h2,6-7,9H,1,3-5,8H2. The van der Waals surface area contributed by atoms with Crippen LogP contribution in [0, 0.1) is 0 Å². The van der Waals surface area contributed by atoms with Crippen LogP contribution < -0.4 is 4.90 Å². The molecule has 0 unspecified atom stereocenters. The largest absolute Gasteiger partial charge is 0.337 e. The Balaban J connectivity index is 2.09. The smallest absolute Gasteiger partial charge is 0.225 e. The summed E-state index contributed by atoms with van der Waals surface area (Å²) in [4.78, 5) is 10.7. The molecule has 14 heavy (non-hydrogen) atoms. The fraction of sp³-hybridized carbons (Fsp3) is 0.600. The van der Waals surface area contributed by atoms with Crippen LogP contribution >= 0.6 is 11.6 Å². The summed E-state index contributed by atoms with van der Waals surface area (Å²) in [5.41, 5.74) is 0. The number of hydrogen-bond donors (Lipinski definition) is 0. The molecule has 0 aliphatic heterocycles. The molecule has 0 atom stereocenters. The van der Waals surface area contributed by atoms with E-state index >= 15 is 0 Å². The number of alkyl halides is 1.